The Labute approximate surface area is 102 Å². The fraction of sp³-hybridized carbons (Fsp3) is 0.538. The third-order valence-electron chi connectivity index (χ3n) is 2.44. The van der Waals surface area contributed by atoms with Crippen LogP contribution in [0, 0.1) is 12.7 Å². The van der Waals surface area contributed by atoms with E-state index >= 15 is 0 Å². The van der Waals surface area contributed by atoms with Crippen molar-refractivity contribution in [3.8, 4) is 0 Å². The van der Waals surface area contributed by atoms with Gasteiger partial charge < -0.3 is 15.2 Å². The molecule has 0 saturated carbocycles. The number of halogens is 1. The number of ether oxygens (including phenoxy) is 1. The van der Waals surface area contributed by atoms with E-state index in [4.69, 9.17) is 9.84 Å². The zero-order chi connectivity index (χ0) is 12.5. The van der Waals surface area contributed by atoms with Crippen molar-refractivity contribution in [3.63, 3.8) is 0 Å². The van der Waals surface area contributed by atoms with Crippen molar-refractivity contribution < 1.29 is 14.2 Å². The number of benzene rings is 1. The SMILES string of the molecule is Cc1ccc(CNCCCOCCO)cc1F. The second kappa shape index (κ2) is 8.17. The molecule has 0 saturated heterocycles. The Bertz CT molecular complexity index is 331. The lowest BCUT2D eigenvalue weighted by Gasteiger charge is -2.06. The van der Waals surface area contributed by atoms with E-state index in [9.17, 15) is 4.39 Å². The van der Waals surface area contributed by atoms with Crippen LogP contribution in [0.2, 0.25) is 0 Å². The molecule has 0 aliphatic rings. The molecule has 0 radical (unpaired) electrons. The van der Waals surface area contributed by atoms with Crippen LogP contribution in [-0.4, -0.2) is 31.5 Å². The van der Waals surface area contributed by atoms with Gasteiger partial charge >= 0.3 is 0 Å². The quantitative estimate of drug-likeness (QED) is 0.680. The molecule has 0 amide bonds. The summed E-state index contributed by atoms with van der Waals surface area (Å²) in [4.78, 5) is 0. The third-order valence-corrected chi connectivity index (χ3v) is 2.44. The number of rotatable bonds is 8. The molecule has 17 heavy (non-hydrogen) atoms. The summed E-state index contributed by atoms with van der Waals surface area (Å²) < 4.78 is 18.3. The van der Waals surface area contributed by atoms with E-state index in [1.165, 1.54) is 0 Å². The van der Waals surface area contributed by atoms with E-state index in [0.29, 0.717) is 25.3 Å². The van der Waals surface area contributed by atoms with Crippen molar-refractivity contribution >= 4 is 0 Å². The normalized spacial score (nSPS) is 10.8. The minimum absolute atomic E-state index is 0.0655. The fourth-order valence-electron chi connectivity index (χ4n) is 1.44. The van der Waals surface area contributed by atoms with Crippen LogP contribution >= 0.6 is 0 Å². The maximum atomic E-state index is 13.2. The van der Waals surface area contributed by atoms with Crippen LogP contribution in [0.1, 0.15) is 17.5 Å². The van der Waals surface area contributed by atoms with Crippen LogP contribution in [0.4, 0.5) is 4.39 Å². The van der Waals surface area contributed by atoms with Gasteiger partial charge in [0.15, 0.2) is 0 Å². The van der Waals surface area contributed by atoms with Crippen LogP contribution in [-0.2, 0) is 11.3 Å². The monoisotopic (exact) mass is 241 g/mol. The second-order valence-corrected chi connectivity index (χ2v) is 3.95. The lowest BCUT2D eigenvalue weighted by molar-refractivity contribution is 0.0907. The summed E-state index contributed by atoms with van der Waals surface area (Å²) in [5.41, 5.74) is 1.62. The molecule has 96 valence electrons. The molecule has 1 aromatic carbocycles. The summed E-state index contributed by atoms with van der Waals surface area (Å²) in [5.74, 6) is -0.157. The molecule has 2 N–H and O–H groups in total. The van der Waals surface area contributed by atoms with E-state index in [0.717, 1.165) is 18.5 Å². The molecule has 4 heteroatoms. The summed E-state index contributed by atoms with van der Waals surface area (Å²) in [6.45, 7) is 4.33. The summed E-state index contributed by atoms with van der Waals surface area (Å²) in [5, 5.41) is 11.7. The van der Waals surface area contributed by atoms with Crippen molar-refractivity contribution in [2.45, 2.75) is 19.9 Å². The van der Waals surface area contributed by atoms with Gasteiger partial charge in [-0.05, 0) is 37.1 Å². The van der Waals surface area contributed by atoms with Gasteiger partial charge in [-0.15, -0.1) is 0 Å². The van der Waals surface area contributed by atoms with Gasteiger partial charge in [-0.2, -0.15) is 0 Å². The van der Waals surface area contributed by atoms with Crippen molar-refractivity contribution in [3.05, 3.63) is 35.1 Å². The van der Waals surface area contributed by atoms with E-state index in [1.54, 1.807) is 19.1 Å². The molecule has 0 unspecified atom stereocenters. The highest BCUT2D eigenvalue weighted by atomic mass is 19.1. The smallest absolute Gasteiger partial charge is 0.126 e. The Morgan fingerprint density at radius 3 is 2.88 bits per heavy atom. The predicted octanol–water partition coefficient (Wildman–Crippen LogP) is 1.62. The Balaban J connectivity index is 2.11. The molecule has 0 fully saturated rings. The first kappa shape index (κ1) is 14.1. The average molecular weight is 241 g/mol. The number of aryl methyl sites for hydroxylation is 1. The first-order valence-electron chi connectivity index (χ1n) is 5.88. The zero-order valence-corrected chi connectivity index (χ0v) is 10.2. The van der Waals surface area contributed by atoms with Crippen LogP contribution in [0.5, 0.6) is 0 Å². The molecule has 0 aromatic heterocycles. The van der Waals surface area contributed by atoms with Crippen molar-refractivity contribution in [2.24, 2.45) is 0 Å². The molecule has 0 heterocycles. The summed E-state index contributed by atoms with van der Waals surface area (Å²) in [6, 6.07) is 5.27. The number of hydrogen-bond donors (Lipinski definition) is 2. The standard InChI is InChI=1S/C13H20FNO2/c1-11-3-4-12(9-13(11)14)10-15-5-2-7-17-8-6-16/h3-4,9,15-16H,2,5-8,10H2,1H3. The summed E-state index contributed by atoms with van der Waals surface area (Å²) in [6.07, 6.45) is 0.883. The number of aliphatic hydroxyl groups excluding tert-OH is 1. The van der Waals surface area contributed by atoms with Gasteiger partial charge in [0.2, 0.25) is 0 Å². The van der Waals surface area contributed by atoms with Gasteiger partial charge in [0.1, 0.15) is 5.82 Å². The van der Waals surface area contributed by atoms with Crippen LogP contribution in [0.3, 0.4) is 0 Å². The van der Waals surface area contributed by atoms with Crippen LogP contribution < -0.4 is 5.32 Å². The highest BCUT2D eigenvalue weighted by molar-refractivity contribution is 5.23. The van der Waals surface area contributed by atoms with Crippen molar-refractivity contribution in [1.29, 1.82) is 0 Å². The molecular formula is C13H20FNO2. The first-order chi connectivity index (χ1) is 8.24. The number of aliphatic hydroxyl groups is 1. The van der Waals surface area contributed by atoms with Gasteiger partial charge in [0, 0.05) is 13.2 Å². The molecule has 0 aliphatic heterocycles. The number of hydrogen-bond acceptors (Lipinski definition) is 3. The predicted molar refractivity (Wildman–Crippen MR) is 65.4 cm³/mol. The minimum atomic E-state index is -0.157. The highest BCUT2D eigenvalue weighted by Crippen LogP contribution is 2.08. The van der Waals surface area contributed by atoms with Crippen molar-refractivity contribution in [1.82, 2.24) is 5.32 Å². The zero-order valence-electron chi connectivity index (χ0n) is 10.2. The van der Waals surface area contributed by atoms with Gasteiger partial charge in [0.05, 0.1) is 13.2 Å². The van der Waals surface area contributed by atoms with E-state index in [-0.39, 0.29) is 12.4 Å². The minimum Gasteiger partial charge on any atom is -0.394 e. The fourth-order valence-corrected chi connectivity index (χ4v) is 1.44. The Kier molecular flexibility index (Phi) is 6.77. The largest absolute Gasteiger partial charge is 0.394 e. The van der Waals surface area contributed by atoms with E-state index in [1.807, 2.05) is 6.07 Å². The lowest BCUT2D eigenvalue weighted by Crippen LogP contribution is -2.17. The maximum absolute atomic E-state index is 13.2. The molecular weight excluding hydrogens is 221 g/mol. The van der Waals surface area contributed by atoms with Gasteiger partial charge in [0.25, 0.3) is 0 Å². The van der Waals surface area contributed by atoms with Gasteiger partial charge in [-0.1, -0.05) is 12.1 Å². The lowest BCUT2D eigenvalue weighted by atomic mass is 10.1. The highest BCUT2D eigenvalue weighted by Gasteiger charge is 1.98. The number of nitrogens with one attached hydrogen (secondary N) is 1. The molecule has 0 spiro atoms. The third kappa shape index (κ3) is 5.77. The molecule has 1 rings (SSSR count). The molecule has 1 aromatic rings. The first-order valence-corrected chi connectivity index (χ1v) is 5.88. The van der Waals surface area contributed by atoms with Gasteiger partial charge in [-0.3, -0.25) is 0 Å². The Morgan fingerprint density at radius 2 is 2.18 bits per heavy atom. The molecule has 0 aliphatic carbocycles. The molecule has 3 nitrogen and oxygen atoms in total. The Hall–Kier alpha value is -0.970. The van der Waals surface area contributed by atoms with Crippen LogP contribution in [0.15, 0.2) is 18.2 Å². The van der Waals surface area contributed by atoms with E-state index < -0.39 is 0 Å². The van der Waals surface area contributed by atoms with Crippen molar-refractivity contribution in [2.75, 3.05) is 26.4 Å². The summed E-state index contributed by atoms with van der Waals surface area (Å²) >= 11 is 0. The van der Waals surface area contributed by atoms with Crippen LogP contribution in [0.25, 0.3) is 0 Å². The maximum Gasteiger partial charge on any atom is 0.126 e. The van der Waals surface area contributed by atoms with E-state index in [2.05, 4.69) is 5.32 Å². The second-order valence-electron chi connectivity index (χ2n) is 3.95. The topological polar surface area (TPSA) is 41.5 Å². The molecule has 0 atom stereocenters. The van der Waals surface area contributed by atoms with Gasteiger partial charge in [-0.25, -0.2) is 4.39 Å². The average Bonchev–Trinajstić information content (AvgIpc) is 2.32. The molecule has 0 bridgehead atoms. The summed E-state index contributed by atoms with van der Waals surface area (Å²) in [7, 11) is 0. The Morgan fingerprint density at radius 1 is 1.35 bits per heavy atom.